The van der Waals surface area contributed by atoms with Gasteiger partial charge >= 0.3 is 12.0 Å². The molecule has 0 fully saturated rings. The molecular weight excluding hydrogens is 224 g/mol. The number of aliphatic hydroxyl groups is 1. The van der Waals surface area contributed by atoms with Crippen molar-refractivity contribution in [2.24, 2.45) is 5.92 Å². The summed E-state index contributed by atoms with van der Waals surface area (Å²) in [5, 5.41) is 22.3. The number of urea groups is 1. The van der Waals surface area contributed by atoms with Gasteiger partial charge in [-0.1, -0.05) is 26.7 Å². The summed E-state index contributed by atoms with van der Waals surface area (Å²) in [7, 11) is 0. The Bertz CT molecular complexity index is 254. The van der Waals surface area contributed by atoms with Gasteiger partial charge < -0.3 is 20.8 Å². The number of amides is 2. The Morgan fingerprint density at radius 3 is 2.06 bits per heavy atom. The zero-order chi connectivity index (χ0) is 13.4. The van der Waals surface area contributed by atoms with Gasteiger partial charge in [-0.15, -0.1) is 0 Å². The smallest absolute Gasteiger partial charge is 0.328 e. The lowest BCUT2D eigenvalue weighted by Gasteiger charge is -2.23. The van der Waals surface area contributed by atoms with E-state index < -0.39 is 24.6 Å². The van der Waals surface area contributed by atoms with Gasteiger partial charge in [-0.3, -0.25) is 0 Å². The quantitative estimate of drug-likeness (QED) is 0.527. The molecule has 0 saturated heterocycles. The van der Waals surface area contributed by atoms with Crippen LogP contribution in [0.4, 0.5) is 4.79 Å². The van der Waals surface area contributed by atoms with E-state index in [9.17, 15) is 9.59 Å². The second kappa shape index (κ2) is 7.89. The minimum Gasteiger partial charge on any atom is -0.480 e. The van der Waals surface area contributed by atoms with E-state index in [4.69, 9.17) is 10.2 Å². The van der Waals surface area contributed by atoms with Crippen LogP contribution in [0, 0.1) is 5.92 Å². The highest BCUT2D eigenvalue weighted by Gasteiger charge is 2.21. The minimum absolute atomic E-state index is 0.0295. The SMILES string of the molecule is CCC(CC)C(C)NC(=O)N[C@@H](CO)C(=O)O. The molecule has 4 N–H and O–H groups in total. The number of aliphatic carboxylic acids is 1. The molecule has 0 saturated carbocycles. The predicted octanol–water partition coefficient (Wildman–Crippen LogP) is 0.556. The van der Waals surface area contributed by atoms with Crippen LogP contribution in [0.5, 0.6) is 0 Å². The van der Waals surface area contributed by atoms with Crippen LogP contribution in [0.15, 0.2) is 0 Å². The van der Waals surface area contributed by atoms with Crippen molar-refractivity contribution < 1.29 is 19.8 Å². The van der Waals surface area contributed by atoms with E-state index in [1.54, 1.807) is 0 Å². The van der Waals surface area contributed by atoms with E-state index >= 15 is 0 Å². The summed E-state index contributed by atoms with van der Waals surface area (Å²) in [6.07, 6.45) is 1.89. The van der Waals surface area contributed by atoms with Crippen molar-refractivity contribution in [3.63, 3.8) is 0 Å². The average Bonchev–Trinajstić information content (AvgIpc) is 2.27. The Morgan fingerprint density at radius 2 is 1.71 bits per heavy atom. The summed E-state index contributed by atoms with van der Waals surface area (Å²) in [6.45, 7) is 5.34. The Balaban J connectivity index is 4.21. The summed E-state index contributed by atoms with van der Waals surface area (Å²) >= 11 is 0. The van der Waals surface area contributed by atoms with Gasteiger partial charge in [0.2, 0.25) is 0 Å². The van der Waals surface area contributed by atoms with Crippen LogP contribution in [0.3, 0.4) is 0 Å². The van der Waals surface area contributed by atoms with E-state index in [0.29, 0.717) is 5.92 Å². The third-order valence-corrected chi connectivity index (χ3v) is 2.90. The van der Waals surface area contributed by atoms with Crippen molar-refractivity contribution in [2.45, 2.75) is 45.7 Å². The molecule has 0 aliphatic rings. The predicted molar refractivity (Wildman–Crippen MR) is 63.7 cm³/mol. The Kier molecular flexibility index (Phi) is 7.29. The molecule has 2 atom stereocenters. The van der Waals surface area contributed by atoms with E-state index in [2.05, 4.69) is 10.6 Å². The summed E-state index contributed by atoms with van der Waals surface area (Å²) in [5.74, 6) is -0.893. The van der Waals surface area contributed by atoms with Crippen molar-refractivity contribution in [3.8, 4) is 0 Å². The molecule has 0 spiro atoms. The fourth-order valence-corrected chi connectivity index (χ4v) is 1.71. The van der Waals surface area contributed by atoms with Gasteiger partial charge in [0, 0.05) is 6.04 Å². The molecule has 0 aromatic rings. The van der Waals surface area contributed by atoms with Gasteiger partial charge in [0.15, 0.2) is 6.04 Å². The van der Waals surface area contributed by atoms with E-state index in [-0.39, 0.29) is 6.04 Å². The number of carboxylic acids is 1. The summed E-state index contributed by atoms with van der Waals surface area (Å²) < 4.78 is 0. The average molecular weight is 246 g/mol. The molecule has 0 bridgehead atoms. The van der Waals surface area contributed by atoms with Gasteiger partial charge in [-0.25, -0.2) is 9.59 Å². The molecule has 6 nitrogen and oxygen atoms in total. The van der Waals surface area contributed by atoms with Crippen LogP contribution in [0.1, 0.15) is 33.6 Å². The fraction of sp³-hybridized carbons (Fsp3) is 0.818. The highest BCUT2D eigenvalue weighted by Crippen LogP contribution is 2.12. The lowest BCUT2D eigenvalue weighted by atomic mass is 9.96. The van der Waals surface area contributed by atoms with E-state index in [1.807, 2.05) is 20.8 Å². The van der Waals surface area contributed by atoms with Crippen LogP contribution in [-0.2, 0) is 4.79 Å². The normalized spacial score (nSPS) is 14.2. The molecule has 17 heavy (non-hydrogen) atoms. The highest BCUT2D eigenvalue weighted by atomic mass is 16.4. The van der Waals surface area contributed by atoms with Crippen LogP contribution in [0.25, 0.3) is 0 Å². The number of hydrogen-bond acceptors (Lipinski definition) is 3. The van der Waals surface area contributed by atoms with E-state index in [0.717, 1.165) is 12.8 Å². The fourth-order valence-electron chi connectivity index (χ4n) is 1.71. The summed E-state index contributed by atoms with van der Waals surface area (Å²) in [4.78, 5) is 22.1. The van der Waals surface area contributed by atoms with Crippen molar-refractivity contribution in [2.75, 3.05) is 6.61 Å². The number of rotatable bonds is 7. The zero-order valence-corrected chi connectivity index (χ0v) is 10.6. The Morgan fingerprint density at radius 1 is 1.18 bits per heavy atom. The monoisotopic (exact) mass is 246 g/mol. The molecule has 0 rings (SSSR count). The standard InChI is InChI=1S/C11H22N2O4/c1-4-8(5-2)7(3)12-11(17)13-9(6-14)10(15)16/h7-9,14H,4-6H2,1-3H3,(H,15,16)(H2,12,13,17)/t7?,9-/m0/s1. The second-order valence-electron chi connectivity index (χ2n) is 4.06. The first-order valence-corrected chi connectivity index (χ1v) is 5.86. The first-order chi connectivity index (χ1) is 7.96. The number of hydrogen-bond donors (Lipinski definition) is 4. The molecule has 0 aromatic heterocycles. The second-order valence-corrected chi connectivity index (χ2v) is 4.06. The molecular formula is C11H22N2O4. The van der Waals surface area contributed by atoms with Crippen molar-refractivity contribution in [1.29, 1.82) is 0 Å². The molecule has 1 unspecified atom stereocenters. The molecule has 0 aromatic carbocycles. The third-order valence-electron chi connectivity index (χ3n) is 2.90. The topological polar surface area (TPSA) is 98.7 Å². The van der Waals surface area contributed by atoms with Crippen LogP contribution < -0.4 is 10.6 Å². The summed E-state index contributed by atoms with van der Waals surface area (Å²) in [6, 6.07) is -1.85. The lowest BCUT2D eigenvalue weighted by Crippen LogP contribution is -2.51. The van der Waals surface area contributed by atoms with Crippen molar-refractivity contribution >= 4 is 12.0 Å². The highest BCUT2D eigenvalue weighted by molar-refractivity contribution is 5.82. The third kappa shape index (κ3) is 5.53. The molecule has 2 amide bonds. The first kappa shape index (κ1) is 15.7. The number of carbonyl (C=O) groups excluding carboxylic acids is 1. The Labute approximate surface area is 101 Å². The largest absolute Gasteiger partial charge is 0.480 e. The van der Waals surface area contributed by atoms with Crippen LogP contribution >= 0.6 is 0 Å². The maximum Gasteiger partial charge on any atom is 0.328 e. The molecule has 0 heterocycles. The van der Waals surface area contributed by atoms with Crippen molar-refractivity contribution in [3.05, 3.63) is 0 Å². The van der Waals surface area contributed by atoms with Crippen LogP contribution in [-0.4, -0.2) is 40.9 Å². The van der Waals surface area contributed by atoms with Gasteiger partial charge in [-0.05, 0) is 12.8 Å². The number of carboxylic acid groups (broad SMARTS) is 1. The minimum atomic E-state index is -1.26. The maximum atomic E-state index is 11.5. The summed E-state index contributed by atoms with van der Waals surface area (Å²) in [5.41, 5.74) is 0. The van der Waals surface area contributed by atoms with E-state index in [1.165, 1.54) is 0 Å². The first-order valence-electron chi connectivity index (χ1n) is 5.86. The van der Waals surface area contributed by atoms with Crippen LogP contribution in [0.2, 0.25) is 0 Å². The molecule has 0 aliphatic carbocycles. The van der Waals surface area contributed by atoms with Crippen molar-refractivity contribution in [1.82, 2.24) is 10.6 Å². The molecule has 0 radical (unpaired) electrons. The maximum absolute atomic E-state index is 11.5. The van der Waals surface area contributed by atoms with Gasteiger partial charge in [0.25, 0.3) is 0 Å². The molecule has 0 aliphatic heterocycles. The van der Waals surface area contributed by atoms with Gasteiger partial charge in [0.05, 0.1) is 6.61 Å². The number of carbonyl (C=O) groups is 2. The van der Waals surface area contributed by atoms with Gasteiger partial charge in [-0.2, -0.15) is 0 Å². The number of aliphatic hydroxyl groups excluding tert-OH is 1. The molecule has 6 heteroatoms. The zero-order valence-electron chi connectivity index (χ0n) is 10.6. The molecule has 100 valence electrons. The Hall–Kier alpha value is -1.30. The lowest BCUT2D eigenvalue weighted by molar-refractivity contribution is -0.140. The van der Waals surface area contributed by atoms with Gasteiger partial charge in [0.1, 0.15) is 0 Å². The number of nitrogens with one attached hydrogen (secondary N) is 2.